The molecule has 3 unspecified atom stereocenters. The van der Waals surface area contributed by atoms with Crippen LogP contribution < -0.4 is 10.6 Å². The van der Waals surface area contributed by atoms with Crippen LogP contribution in [0.5, 0.6) is 0 Å². The van der Waals surface area contributed by atoms with Gasteiger partial charge < -0.3 is 15.4 Å². The Labute approximate surface area is 140 Å². The number of aliphatic imine (C=N–C) groups is 1. The number of rotatable bonds is 4. The van der Waals surface area contributed by atoms with Gasteiger partial charge in [-0.05, 0) is 37.5 Å². The van der Waals surface area contributed by atoms with E-state index >= 15 is 0 Å². The highest BCUT2D eigenvalue weighted by Gasteiger charge is 2.41. The molecule has 2 fully saturated rings. The number of nitrogens with zero attached hydrogens (tertiary/aromatic N) is 1. The maximum Gasteiger partial charge on any atom is 0.191 e. The number of ether oxygens (including phenoxy) is 1. The fraction of sp³-hybridized carbons (Fsp3) is 0.933. The fourth-order valence-electron chi connectivity index (χ4n) is 2.99. The average Bonchev–Trinajstić information content (AvgIpc) is 2.93. The van der Waals surface area contributed by atoms with Crippen molar-refractivity contribution >= 4 is 29.9 Å². The summed E-state index contributed by atoms with van der Waals surface area (Å²) in [5.74, 6) is 0.926. The molecule has 0 aliphatic carbocycles. The Kier molecular flexibility index (Phi) is 7.04. The molecular weight excluding hydrogens is 365 g/mol. The summed E-state index contributed by atoms with van der Waals surface area (Å²) in [6.07, 6.45) is 6.86. The van der Waals surface area contributed by atoms with Crippen molar-refractivity contribution in [1.29, 1.82) is 0 Å². The molecule has 0 spiro atoms. The first kappa shape index (κ1) is 18.0. The Bertz CT molecular complexity index is 328. The summed E-state index contributed by atoms with van der Waals surface area (Å²) >= 11 is 0. The molecule has 0 aromatic carbocycles. The van der Waals surface area contributed by atoms with Gasteiger partial charge in [-0.25, -0.2) is 0 Å². The zero-order valence-corrected chi connectivity index (χ0v) is 15.6. The molecule has 3 atom stereocenters. The summed E-state index contributed by atoms with van der Waals surface area (Å²) in [5.41, 5.74) is 0.414. The van der Waals surface area contributed by atoms with Crippen LogP contribution in [0, 0.1) is 5.41 Å². The van der Waals surface area contributed by atoms with Crippen LogP contribution in [-0.2, 0) is 4.74 Å². The third-order valence-electron chi connectivity index (χ3n) is 4.05. The van der Waals surface area contributed by atoms with Crippen molar-refractivity contribution in [1.82, 2.24) is 10.6 Å². The lowest BCUT2D eigenvalue weighted by molar-refractivity contribution is 0.0992. The van der Waals surface area contributed by atoms with Crippen molar-refractivity contribution in [3.8, 4) is 0 Å². The molecule has 0 amide bonds. The van der Waals surface area contributed by atoms with Crippen molar-refractivity contribution < 1.29 is 4.74 Å². The second kappa shape index (κ2) is 7.82. The van der Waals surface area contributed by atoms with Gasteiger partial charge in [-0.1, -0.05) is 20.8 Å². The second-order valence-electron chi connectivity index (χ2n) is 7.02. The number of halogens is 1. The van der Waals surface area contributed by atoms with Gasteiger partial charge >= 0.3 is 0 Å². The number of fused-ring (bicyclic) bond motifs is 2. The standard InChI is InChI=1S/C15H29N3O.HI/c1-15(2,3)8-5-9-17-14(16-4)18-12-10-11-6-7-13(12)19-11;/h11-13H,5-10H2,1-4H3,(H2,16,17,18);1H. The molecule has 0 radical (unpaired) electrons. The minimum Gasteiger partial charge on any atom is -0.373 e. The van der Waals surface area contributed by atoms with E-state index in [-0.39, 0.29) is 24.0 Å². The molecule has 4 nitrogen and oxygen atoms in total. The molecule has 0 aromatic rings. The van der Waals surface area contributed by atoms with Crippen LogP contribution in [0.3, 0.4) is 0 Å². The summed E-state index contributed by atoms with van der Waals surface area (Å²) in [4.78, 5) is 4.31. The van der Waals surface area contributed by atoms with E-state index in [1.165, 1.54) is 25.7 Å². The van der Waals surface area contributed by atoms with Crippen LogP contribution in [0.4, 0.5) is 0 Å². The summed E-state index contributed by atoms with van der Waals surface area (Å²) in [6.45, 7) is 7.84. The average molecular weight is 395 g/mol. The Morgan fingerprint density at radius 3 is 2.55 bits per heavy atom. The van der Waals surface area contributed by atoms with Crippen LogP contribution >= 0.6 is 24.0 Å². The van der Waals surface area contributed by atoms with E-state index in [0.29, 0.717) is 23.7 Å². The van der Waals surface area contributed by atoms with E-state index in [1.807, 2.05) is 7.05 Å². The van der Waals surface area contributed by atoms with Gasteiger partial charge in [0.15, 0.2) is 5.96 Å². The Hall–Kier alpha value is -0.0400. The fourth-order valence-corrected chi connectivity index (χ4v) is 2.99. The van der Waals surface area contributed by atoms with Crippen LogP contribution in [-0.4, -0.2) is 37.8 Å². The van der Waals surface area contributed by atoms with Gasteiger partial charge in [0.25, 0.3) is 0 Å². The quantitative estimate of drug-likeness (QED) is 0.333. The molecule has 0 saturated carbocycles. The minimum atomic E-state index is 0. The summed E-state index contributed by atoms with van der Waals surface area (Å²) in [7, 11) is 1.84. The maximum absolute atomic E-state index is 5.86. The van der Waals surface area contributed by atoms with Crippen LogP contribution in [0.25, 0.3) is 0 Å². The van der Waals surface area contributed by atoms with E-state index in [4.69, 9.17) is 4.74 Å². The summed E-state index contributed by atoms with van der Waals surface area (Å²) in [5, 5.41) is 6.92. The van der Waals surface area contributed by atoms with Crippen LogP contribution in [0.2, 0.25) is 0 Å². The van der Waals surface area contributed by atoms with Gasteiger partial charge in [-0.2, -0.15) is 0 Å². The molecule has 2 aliphatic rings. The van der Waals surface area contributed by atoms with Crippen molar-refractivity contribution in [2.45, 2.75) is 71.1 Å². The van der Waals surface area contributed by atoms with Crippen molar-refractivity contribution in [2.24, 2.45) is 10.4 Å². The molecule has 5 heteroatoms. The van der Waals surface area contributed by atoms with Gasteiger partial charge in [0.2, 0.25) is 0 Å². The van der Waals surface area contributed by atoms with Crippen LogP contribution in [0.15, 0.2) is 4.99 Å². The molecule has 20 heavy (non-hydrogen) atoms. The molecule has 118 valence electrons. The lowest BCUT2D eigenvalue weighted by Gasteiger charge is -2.23. The van der Waals surface area contributed by atoms with Gasteiger partial charge in [-0.3, -0.25) is 4.99 Å². The highest BCUT2D eigenvalue weighted by atomic mass is 127. The Balaban J connectivity index is 0.00000200. The Morgan fingerprint density at radius 1 is 1.30 bits per heavy atom. The lowest BCUT2D eigenvalue weighted by Crippen LogP contribution is -2.47. The van der Waals surface area contributed by atoms with E-state index < -0.39 is 0 Å². The molecule has 0 aromatic heterocycles. The largest absolute Gasteiger partial charge is 0.373 e. The lowest BCUT2D eigenvalue weighted by atomic mass is 9.91. The van der Waals surface area contributed by atoms with E-state index in [9.17, 15) is 0 Å². The van der Waals surface area contributed by atoms with Gasteiger partial charge in [0.1, 0.15) is 0 Å². The molecule has 2 bridgehead atoms. The summed E-state index contributed by atoms with van der Waals surface area (Å²) in [6, 6.07) is 0.451. The monoisotopic (exact) mass is 395 g/mol. The van der Waals surface area contributed by atoms with Gasteiger partial charge in [-0.15, -0.1) is 24.0 Å². The first-order valence-electron chi connectivity index (χ1n) is 7.60. The SMILES string of the molecule is CN=C(NCCCC(C)(C)C)NC1CC2CCC1O2.I. The van der Waals surface area contributed by atoms with E-state index in [1.54, 1.807) is 0 Å². The molecule has 2 N–H and O–H groups in total. The molecule has 2 saturated heterocycles. The maximum atomic E-state index is 5.86. The minimum absolute atomic E-state index is 0. The van der Waals surface area contributed by atoms with Crippen molar-refractivity contribution in [2.75, 3.05) is 13.6 Å². The predicted octanol–water partition coefficient (Wildman–Crippen LogP) is 2.92. The Morgan fingerprint density at radius 2 is 2.05 bits per heavy atom. The third kappa shape index (κ3) is 5.39. The topological polar surface area (TPSA) is 45.7 Å². The first-order chi connectivity index (χ1) is 8.98. The van der Waals surface area contributed by atoms with Gasteiger partial charge in [0.05, 0.1) is 18.2 Å². The number of guanidine groups is 1. The highest BCUT2D eigenvalue weighted by molar-refractivity contribution is 14.0. The van der Waals surface area contributed by atoms with Crippen LogP contribution in [0.1, 0.15) is 52.9 Å². The molecule has 2 rings (SSSR count). The van der Waals surface area contributed by atoms with E-state index in [2.05, 4.69) is 36.4 Å². The summed E-state index contributed by atoms with van der Waals surface area (Å²) < 4.78 is 5.86. The zero-order chi connectivity index (χ0) is 13.9. The predicted molar refractivity (Wildman–Crippen MR) is 94.9 cm³/mol. The number of nitrogens with one attached hydrogen (secondary N) is 2. The smallest absolute Gasteiger partial charge is 0.191 e. The molecular formula is C15H30IN3O. The number of hydrogen-bond donors (Lipinski definition) is 2. The zero-order valence-electron chi connectivity index (χ0n) is 13.2. The second-order valence-corrected chi connectivity index (χ2v) is 7.02. The molecule has 2 aliphatic heterocycles. The van der Waals surface area contributed by atoms with Gasteiger partial charge in [0, 0.05) is 13.6 Å². The highest BCUT2D eigenvalue weighted by Crippen LogP contribution is 2.34. The van der Waals surface area contributed by atoms with Crippen molar-refractivity contribution in [3.63, 3.8) is 0 Å². The normalized spacial score (nSPS) is 29.2. The molecule has 2 heterocycles. The third-order valence-corrected chi connectivity index (χ3v) is 4.05. The van der Waals surface area contributed by atoms with Crippen molar-refractivity contribution in [3.05, 3.63) is 0 Å². The van der Waals surface area contributed by atoms with E-state index in [0.717, 1.165) is 18.9 Å². The number of hydrogen-bond acceptors (Lipinski definition) is 2. The first-order valence-corrected chi connectivity index (χ1v) is 7.60.